The largest absolute Gasteiger partial charge is 0.474 e. The first kappa shape index (κ1) is 15.0. The number of hydrogen-bond acceptors (Lipinski definition) is 3. The lowest BCUT2D eigenvalue weighted by molar-refractivity contribution is -0.123. The molecule has 1 N–H and O–H groups in total. The Kier molecular flexibility index (Phi) is 4.00. The smallest absolute Gasteiger partial charge is 0.223 e. The first-order chi connectivity index (χ1) is 11.3. The molecule has 1 aromatic heterocycles. The van der Waals surface area contributed by atoms with Gasteiger partial charge in [0.25, 0.3) is 0 Å². The molecule has 4 nitrogen and oxygen atoms in total. The molecule has 1 aromatic rings. The van der Waals surface area contributed by atoms with E-state index < -0.39 is 0 Å². The average molecular weight is 314 g/mol. The van der Waals surface area contributed by atoms with Crippen molar-refractivity contribution in [2.45, 2.75) is 70.4 Å². The van der Waals surface area contributed by atoms with Crippen LogP contribution in [0.5, 0.6) is 5.88 Å². The van der Waals surface area contributed by atoms with Gasteiger partial charge in [0.15, 0.2) is 0 Å². The number of nitrogens with zero attached hydrogens (tertiary/aromatic N) is 1. The van der Waals surface area contributed by atoms with Crippen LogP contribution < -0.4 is 10.1 Å². The van der Waals surface area contributed by atoms with Gasteiger partial charge in [-0.3, -0.25) is 4.79 Å². The Labute approximate surface area is 138 Å². The Morgan fingerprint density at radius 3 is 2.70 bits per heavy atom. The van der Waals surface area contributed by atoms with Crippen molar-refractivity contribution in [3.63, 3.8) is 0 Å². The molecule has 124 valence electrons. The predicted octanol–water partition coefficient (Wildman–Crippen LogP) is 3.60. The molecule has 0 radical (unpaired) electrons. The van der Waals surface area contributed by atoms with E-state index in [1.165, 1.54) is 38.5 Å². The van der Waals surface area contributed by atoms with E-state index in [4.69, 9.17) is 4.74 Å². The molecule has 4 heteroatoms. The monoisotopic (exact) mass is 314 g/mol. The van der Waals surface area contributed by atoms with Gasteiger partial charge in [-0.2, -0.15) is 0 Å². The van der Waals surface area contributed by atoms with Crippen molar-refractivity contribution in [1.82, 2.24) is 10.3 Å². The third kappa shape index (κ3) is 3.22. The van der Waals surface area contributed by atoms with Crippen LogP contribution in [0.25, 0.3) is 0 Å². The fourth-order valence-corrected chi connectivity index (χ4v) is 4.42. The Balaban J connectivity index is 1.25. The molecule has 3 aliphatic rings. The molecule has 1 unspecified atom stereocenters. The second kappa shape index (κ2) is 6.14. The summed E-state index contributed by atoms with van der Waals surface area (Å²) < 4.78 is 5.87. The van der Waals surface area contributed by atoms with Gasteiger partial charge in [0.2, 0.25) is 11.8 Å². The first-order valence-corrected chi connectivity index (χ1v) is 9.14. The van der Waals surface area contributed by atoms with Gasteiger partial charge < -0.3 is 10.1 Å². The van der Waals surface area contributed by atoms with Crippen LogP contribution in [0.2, 0.25) is 0 Å². The standard InChI is InChI=1S/C19H26N2O2/c22-18(16-11-19(16)9-3-4-10-19)21-13-14-7-8-17(20-12-14)23-15-5-1-2-6-15/h7-8,12,15-16H,1-6,9-11,13H2,(H,21,22). The number of rotatable bonds is 5. The van der Waals surface area contributed by atoms with Crippen LogP contribution in [-0.2, 0) is 11.3 Å². The average Bonchev–Trinajstić information content (AvgIpc) is 2.93. The van der Waals surface area contributed by atoms with Gasteiger partial charge in [-0.15, -0.1) is 0 Å². The molecule has 1 spiro atoms. The van der Waals surface area contributed by atoms with E-state index >= 15 is 0 Å². The van der Waals surface area contributed by atoms with E-state index in [0.717, 1.165) is 24.8 Å². The number of amides is 1. The van der Waals surface area contributed by atoms with Crippen LogP contribution in [-0.4, -0.2) is 17.0 Å². The summed E-state index contributed by atoms with van der Waals surface area (Å²) in [5.74, 6) is 1.21. The van der Waals surface area contributed by atoms with Crippen LogP contribution in [0.4, 0.5) is 0 Å². The molecule has 0 bridgehead atoms. The maximum atomic E-state index is 12.3. The highest BCUT2D eigenvalue weighted by molar-refractivity contribution is 5.82. The molecule has 0 saturated heterocycles. The lowest BCUT2D eigenvalue weighted by Gasteiger charge is -2.12. The molecule has 3 fully saturated rings. The van der Waals surface area contributed by atoms with Gasteiger partial charge in [0.1, 0.15) is 6.10 Å². The third-order valence-corrected chi connectivity index (χ3v) is 5.96. The van der Waals surface area contributed by atoms with Crippen molar-refractivity contribution in [2.24, 2.45) is 11.3 Å². The van der Waals surface area contributed by atoms with Crippen LogP contribution in [0.15, 0.2) is 18.3 Å². The van der Waals surface area contributed by atoms with E-state index in [2.05, 4.69) is 10.3 Å². The maximum absolute atomic E-state index is 12.3. The summed E-state index contributed by atoms with van der Waals surface area (Å²) >= 11 is 0. The number of pyridine rings is 1. The summed E-state index contributed by atoms with van der Waals surface area (Å²) in [7, 11) is 0. The molecular formula is C19H26N2O2. The molecule has 4 rings (SSSR count). The molecule has 0 aromatic carbocycles. The van der Waals surface area contributed by atoms with Crippen molar-refractivity contribution in [1.29, 1.82) is 0 Å². The van der Waals surface area contributed by atoms with Gasteiger partial charge in [0.05, 0.1) is 0 Å². The molecule has 0 aliphatic heterocycles. The normalized spacial score (nSPS) is 25.7. The topological polar surface area (TPSA) is 51.2 Å². The second-order valence-corrected chi connectivity index (χ2v) is 7.57. The SMILES string of the molecule is O=C(NCc1ccc(OC2CCCC2)nc1)C1CC12CCCC2. The summed E-state index contributed by atoms with van der Waals surface area (Å²) in [6.07, 6.45) is 13.2. The fourth-order valence-electron chi connectivity index (χ4n) is 4.42. The van der Waals surface area contributed by atoms with Crippen molar-refractivity contribution >= 4 is 5.91 Å². The van der Waals surface area contributed by atoms with Crippen molar-refractivity contribution < 1.29 is 9.53 Å². The molecular weight excluding hydrogens is 288 g/mol. The predicted molar refractivity (Wildman–Crippen MR) is 88.0 cm³/mol. The number of hydrogen-bond donors (Lipinski definition) is 1. The molecule has 1 atom stereocenters. The molecule has 3 aliphatic carbocycles. The van der Waals surface area contributed by atoms with Crippen LogP contribution >= 0.6 is 0 Å². The minimum atomic E-state index is 0.234. The second-order valence-electron chi connectivity index (χ2n) is 7.57. The lowest BCUT2D eigenvalue weighted by atomic mass is 10.0. The van der Waals surface area contributed by atoms with E-state index in [-0.39, 0.29) is 11.8 Å². The lowest BCUT2D eigenvalue weighted by Crippen LogP contribution is -2.26. The summed E-state index contributed by atoms with van der Waals surface area (Å²) in [5.41, 5.74) is 1.42. The Morgan fingerprint density at radius 2 is 2.00 bits per heavy atom. The van der Waals surface area contributed by atoms with Crippen molar-refractivity contribution in [2.75, 3.05) is 0 Å². The minimum Gasteiger partial charge on any atom is -0.474 e. The number of aromatic nitrogens is 1. The van der Waals surface area contributed by atoms with E-state index in [1.807, 2.05) is 18.3 Å². The third-order valence-electron chi connectivity index (χ3n) is 5.96. The maximum Gasteiger partial charge on any atom is 0.223 e. The number of nitrogens with one attached hydrogen (secondary N) is 1. The highest BCUT2D eigenvalue weighted by Crippen LogP contribution is 2.62. The Morgan fingerprint density at radius 1 is 1.22 bits per heavy atom. The molecule has 3 saturated carbocycles. The van der Waals surface area contributed by atoms with Gasteiger partial charge in [-0.25, -0.2) is 4.98 Å². The van der Waals surface area contributed by atoms with Crippen LogP contribution in [0, 0.1) is 11.3 Å². The quantitative estimate of drug-likeness (QED) is 0.903. The zero-order valence-corrected chi connectivity index (χ0v) is 13.7. The molecule has 23 heavy (non-hydrogen) atoms. The van der Waals surface area contributed by atoms with Crippen LogP contribution in [0.3, 0.4) is 0 Å². The summed E-state index contributed by atoms with van der Waals surface area (Å²) in [4.78, 5) is 16.7. The molecule has 1 amide bonds. The van der Waals surface area contributed by atoms with Crippen molar-refractivity contribution in [3.8, 4) is 5.88 Å². The summed E-state index contributed by atoms with van der Waals surface area (Å²) in [6.45, 7) is 0.572. The number of carbonyl (C=O) groups is 1. The highest BCUT2D eigenvalue weighted by atomic mass is 16.5. The highest BCUT2D eigenvalue weighted by Gasteiger charge is 2.58. The number of ether oxygens (including phenoxy) is 1. The van der Waals surface area contributed by atoms with Gasteiger partial charge >= 0.3 is 0 Å². The van der Waals surface area contributed by atoms with Gasteiger partial charge in [0, 0.05) is 24.7 Å². The zero-order chi connectivity index (χ0) is 15.7. The van der Waals surface area contributed by atoms with Gasteiger partial charge in [-0.05, 0) is 55.9 Å². The molecule has 1 heterocycles. The van der Waals surface area contributed by atoms with Gasteiger partial charge in [-0.1, -0.05) is 18.9 Å². The van der Waals surface area contributed by atoms with E-state index in [9.17, 15) is 4.79 Å². The zero-order valence-electron chi connectivity index (χ0n) is 13.7. The Bertz CT molecular complexity index is 557. The minimum absolute atomic E-state index is 0.234. The van der Waals surface area contributed by atoms with Crippen LogP contribution in [0.1, 0.15) is 63.4 Å². The van der Waals surface area contributed by atoms with Crippen molar-refractivity contribution in [3.05, 3.63) is 23.9 Å². The summed E-state index contributed by atoms with van der Waals surface area (Å²) in [5, 5.41) is 3.08. The van der Waals surface area contributed by atoms with E-state index in [1.54, 1.807) is 0 Å². The fraction of sp³-hybridized carbons (Fsp3) is 0.684. The Hall–Kier alpha value is -1.58. The van der Waals surface area contributed by atoms with E-state index in [0.29, 0.717) is 23.9 Å². The number of carbonyl (C=O) groups excluding carboxylic acids is 1. The summed E-state index contributed by atoms with van der Waals surface area (Å²) in [6, 6.07) is 3.94. The first-order valence-electron chi connectivity index (χ1n) is 9.14.